The Labute approximate surface area is 148 Å². The third-order valence-electron chi connectivity index (χ3n) is 4.96. The molecule has 0 radical (unpaired) electrons. The van der Waals surface area contributed by atoms with Crippen molar-refractivity contribution in [3.63, 3.8) is 0 Å². The molecule has 2 heterocycles. The first-order valence-electron chi connectivity index (χ1n) is 8.67. The van der Waals surface area contributed by atoms with E-state index in [2.05, 4.69) is 42.7 Å². The number of nitrogens with one attached hydrogen (secondary N) is 3. The largest absolute Gasteiger partial charge is 0.321 e. The summed E-state index contributed by atoms with van der Waals surface area (Å²) in [7, 11) is 0. The molecule has 1 aliphatic rings. The fraction of sp³-hybridized carbons (Fsp3) is 0.421. The summed E-state index contributed by atoms with van der Waals surface area (Å²) in [6.07, 6.45) is 0. The number of carbonyl (C=O) groups is 1. The van der Waals surface area contributed by atoms with E-state index in [0.29, 0.717) is 6.54 Å². The molecule has 0 saturated carbocycles. The maximum Gasteiger partial charge on any atom is 0.279 e. The molecule has 3 N–H and O–H groups in total. The van der Waals surface area contributed by atoms with Gasteiger partial charge in [0.1, 0.15) is 32.7 Å². The van der Waals surface area contributed by atoms with Crippen molar-refractivity contribution in [1.29, 1.82) is 0 Å². The molecule has 128 valence electrons. The number of amides is 1. The zero-order chi connectivity index (χ0) is 16.9. The van der Waals surface area contributed by atoms with Crippen molar-refractivity contribution in [2.45, 2.75) is 20.4 Å². The smallest absolute Gasteiger partial charge is 0.279 e. The van der Waals surface area contributed by atoms with Gasteiger partial charge in [-0.25, -0.2) is 0 Å². The van der Waals surface area contributed by atoms with Gasteiger partial charge < -0.3 is 15.1 Å². The molecule has 1 amide bonds. The minimum absolute atomic E-state index is 0.125. The highest BCUT2D eigenvalue weighted by Crippen LogP contribution is 2.17. The molecule has 1 fully saturated rings. The lowest BCUT2D eigenvalue weighted by Crippen LogP contribution is -3.28. The topological polar surface area (TPSA) is 38.0 Å². The van der Waals surface area contributed by atoms with Gasteiger partial charge in [0.25, 0.3) is 5.91 Å². The molecule has 24 heavy (non-hydrogen) atoms. The van der Waals surface area contributed by atoms with E-state index in [4.69, 9.17) is 0 Å². The van der Waals surface area contributed by atoms with Gasteiger partial charge in [-0.05, 0) is 42.5 Å². The van der Waals surface area contributed by atoms with Crippen LogP contribution in [0.5, 0.6) is 0 Å². The van der Waals surface area contributed by atoms with Crippen molar-refractivity contribution in [2.75, 3.05) is 38.0 Å². The number of quaternary nitrogens is 2. The number of hydrogen-bond donors (Lipinski definition) is 3. The van der Waals surface area contributed by atoms with Gasteiger partial charge in [-0.1, -0.05) is 18.2 Å². The maximum atomic E-state index is 12.3. The molecule has 0 aliphatic carbocycles. The van der Waals surface area contributed by atoms with E-state index in [1.54, 1.807) is 4.90 Å². The molecular formula is C19H27N3OS+2. The molecule has 1 aliphatic heterocycles. The van der Waals surface area contributed by atoms with Crippen LogP contribution in [0.25, 0.3) is 0 Å². The lowest BCUT2D eigenvalue weighted by molar-refractivity contribution is -1.01. The van der Waals surface area contributed by atoms with Crippen LogP contribution in [-0.2, 0) is 11.3 Å². The minimum atomic E-state index is 0.125. The Morgan fingerprint density at radius 1 is 1.08 bits per heavy atom. The zero-order valence-corrected chi connectivity index (χ0v) is 15.3. The van der Waals surface area contributed by atoms with E-state index in [0.717, 1.165) is 44.0 Å². The summed E-state index contributed by atoms with van der Waals surface area (Å²) >= 11 is 1.84. The summed E-state index contributed by atoms with van der Waals surface area (Å²) in [6.45, 7) is 10.3. The van der Waals surface area contributed by atoms with Gasteiger partial charge in [-0.15, -0.1) is 11.3 Å². The van der Waals surface area contributed by atoms with E-state index in [-0.39, 0.29) is 5.91 Å². The molecular weight excluding hydrogens is 318 g/mol. The first-order chi connectivity index (χ1) is 11.6. The fourth-order valence-electron chi connectivity index (χ4n) is 3.28. The van der Waals surface area contributed by atoms with Gasteiger partial charge in [0.2, 0.25) is 0 Å². The average Bonchev–Trinajstić information content (AvgIpc) is 3.07. The lowest BCUT2D eigenvalue weighted by Gasteiger charge is -2.29. The Morgan fingerprint density at radius 3 is 2.54 bits per heavy atom. The second-order valence-electron chi connectivity index (χ2n) is 6.73. The highest BCUT2D eigenvalue weighted by Gasteiger charge is 2.25. The van der Waals surface area contributed by atoms with Crippen molar-refractivity contribution >= 4 is 22.9 Å². The van der Waals surface area contributed by atoms with Crippen LogP contribution in [0, 0.1) is 13.8 Å². The van der Waals surface area contributed by atoms with Gasteiger partial charge >= 0.3 is 0 Å². The Balaban J connectivity index is 1.45. The lowest BCUT2D eigenvalue weighted by atomic mass is 10.1. The van der Waals surface area contributed by atoms with Gasteiger partial charge in [0.05, 0.1) is 4.88 Å². The quantitative estimate of drug-likeness (QED) is 0.716. The van der Waals surface area contributed by atoms with Crippen LogP contribution in [0.1, 0.15) is 16.0 Å². The van der Waals surface area contributed by atoms with Crippen LogP contribution in [0.3, 0.4) is 0 Å². The van der Waals surface area contributed by atoms with Gasteiger partial charge in [-0.3, -0.25) is 4.79 Å². The summed E-state index contributed by atoms with van der Waals surface area (Å²) in [4.78, 5) is 16.8. The number of anilines is 1. The van der Waals surface area contributed by atoms with Crippen LogP contribution in [0.4, 0.5) is 5.69 Å². The van der Waals surface area contributed by atoms with Crippen LogP contribution in [0.15, 0.2) is 35.7 Å². The van der Waals surface area contributed by atoms with Crippen LogP contribution in [-0.4, -0.2) is 38.6 Å². The molecule has 5 heteroatoms. The fourth-order valence-corrected chi connectivity index (χ4v) is 4.05. The van der Waals surface area contributed by atoms with Crippen molar-refractivity contribution in [3.8, 4) is 0 Å². The zero-order valence-electron chi connectivity index (χ0n) is 14.5. The summed E-state index contributed by atoms with van der Waals surface area (Å²) in [5.41, 5.74) is 3.32. The molecule has 4 nitrogen and oxygen atoms in total. The predicted molar refractivity (Wildman–Crippen MR) is 98.8 cm³/mol. The van der Waals surface area contributed by atoms with Crippen molar-refractivity contribution < 1.29 is 14.6 Å². The van der Waals surface area contributed by atoms with Gasteiger partial charge in [0.15, 0.2) is 6.54 Å². The summed E-state index contributed by atoms with van der Waals surface area (Å²) in [6, 6.07) is 10.4. The third kappa shape index (κ3) is 4.44. The summed E-state index contributed by atoms with van der Waals surface area (Å²) < 4.78 is 0. The second-order valence-corrected chi connectivity index (χ2v) is 7.76. The molecule has 0 atom stereocenters. The molecule has 0 unspecified atom stereocenters. The number of piperazine rings is 1. The maximum absolute atomic E-state index is 12.3. The van der Waals surface area contributed by atoms with E-state index in [1.165, 1.54) is 15.3 Å². The standard InChI is InChI=1S/C19H25N3OS/c1-15-5-3-7-18(16(15)2)20-19(23)14-22-10-8-21(9-11-22)13-17-6-4-12-24-17/h3-7,12H,8-11,13-14H2,1-2H3,(H,20,23)/p+2. The van der Waals surface area contributed by atoms with Gasteiger partial charge in [0, 0.05) is 5.69 Å². The average molecular weight is 346 g/mol. The number of carbonyl (C=O) groups excluding carboxylic acids is 1. The van der Waals surface area contributed by atoms with Crippen molar-refractivity contribution in [1.82, 2.24) is 0 Å². The molecule has 1 aromatic heterocycles. The number of thiophene rings is 1. The number of hydrogen-bond acceptors (Lipinski definition) is 2. The Kier molecular flexibility index (Phi) is 5.66. The Hall–Kier alpha value is -1.69. The van der Waals surface area contributed by atoms with Crippen molar-refractivity contribution in [3.05, 3.63) is 51.7 Å². The first-order valence-corrected chi connectivity index (χ1v) is 9.55. The number of benzene rings is 1. The summed E-state index contributed by atoms with van der Waals surface area (Å²) in [5, 5.41) is 5.23. The molecule has 0 spiro atoms. The molecule has 1 aromatic carbocycles. The van der Waals surface area contributed by atoms with Crippen LogP contribution in [0.2, 0.25) is 0 Å². The number of aryl methyl sites for hydroxylation is 1. The minimum Gasteiger partial charge on any atom is -0.321 e. The van der Waals surface area contributed by atoms with Crippen LogP contribution >= 0.6 is 11.3 Å². The van der Waals surface area contributed by atoms with E-state index in [1.807, 2.05) is 23.5 Å². The third-order valence-corrected chi connectivity index (χ3v) is 5.83. The van der Waals surface area contributed by atoms with E-state index >= 15 is 0 Å². The molecule has 3 rings (SSSR count). The van der Waals surface area contributed by atoms with E-state index in [9.17, 15) is 4.79 Å². The van der Waals surface area contributed by atoms with Crippen molar-refractivity contribution in [2.24, 2.45) is 0 Å². The van der Waals surface area contributed by atoms with Crippen LogP contribution < -0.4 is 15.1 Å². The summed E-state index contributed by atoms with van der Waals surface area (Å²) in [5.74, 6) is 0.125. The Morgan fingerprint density at radius 2 is 1.83 bits per heavy atom. The predicted octanol–water partition coefficient (Wildman–Crippen LogP) is 0.287. The highest BCUT2D eigenvalue weighted by molar-refractivity contribution is 7.09. The normalized spacial score (nSPS) is 20.8. The molecule has 1 saturated heterocycles. The number of rotatable bonds is 5. The first kappa shape index (κ1) is 17.1. The SMILES string of the molecule is Cc1cccc(NC(=O)C[NH+]2CC[NH+](Cc3cccs3)CC2)c1C. The molecule has 0 bridgehead atoms. The monoisotopic (exact) mass is 345 g/mol. The molecule has 2 aromatic rings. The second kappa shape index (κ2) is 7.92. The van der Waals surface area contributed by atoms with E-state index < -0.39 is 0 Å². The Bertz CT molecular complexity index is 676. The highest BCUT2D eigenvalue weighted by atomic mass is 32.1. The van der Waals surface area contributed by atoms with Gasteiger partial charge in [-0.2, -0.15) is 0 Å².